The zero-order valence-corrected chi connectivity index (χ0v) is 15.6. The van der Waals surface area contributed by atoms with Crippen molar-refractivity contribution >= 4 is 17.3 Å². The highest BCUT2D eigenvalue weighted by molar-refractivity contribution is 5.96. The predicted molar refractivity (Wildman–Crippen MR) is 102 cm³/mol. The smallest absolute Gasteiger partial charge is 0.278 e. The summed E-state index contributed by atoms with van der Waals surface area (Å²) in [5, 5.41) is 22.4. The Bertz CT molecular complexity index is 1070. The van der Waals surface area contributed by atoms with Gasteiger partial charge in [-0.25, -0.2) is 4.39 Å². The zero-order chi connectivity index (χ0) is 19.9. The molecule has 0 saturated carbocycles. The summed E-state index contributed by atoms with van der Waals surface area (Å²) in [6, 6.07) is 11.8. The van der Waals surface area contributed by atoms with Crippen molar-refractivity contribution in [3.05, 3.63) is 71.3 Å². The highest BCUT2D eigenvalue weighted by Crippen LogP contribution is 2.41. The van der Waals surface area contributed by atoms with Gasteiger partial charge in [-0.2, -0.15) is 14.9 Å². The van der Waals surface area contributed by atoms with Gasteiger partial charge < -0.3 is 5.11 Å². The first kappa shape index (κ1) is 18.0. The maximum absolute atomic E-state index is 13.2. The molecule has 4 rings (SSSR count). The van der Waals surface area contributed by atoms with Gasteiger partial charge in [-0.05, 0) is 66.8 Å². The predicted octanol–water partition coefficient (Wildman–Crippen LogP) is 4.96. The van der Waals surface area contributed by atoms with Crippen molar-refractivity contribution in [1.82, 2.24) is 9.78 Å². The van der Waals surface area contributed by atoms with Gasteiger partial charge in [-0.15, -0.1) is 5.11 Å². The molecule has 0 fully saturated rings. The molecule has 2 bridgehead atoms. The summed E-state index contributed by atoms with van der Waals surface area (Å²) in [7, 11) is 0. The van der Waals surface area contributed by atoms with Crippen LogP contribution in [-0.2, 0) is 12.8 Å². The second-order valence-electron chi connectivity index (χ2n) is 7.70. The first-order valence-corrected chi connectivity index (χ1v) is 8.94. The van der Waals surface area contributed by atoms with Crippen molar-refractivity contribution in [2.45, 2.75) is 26.7 Å². The summed E-state index contributed by atoms with van der Waals surface area (Å²) < 4.78 is 14.6. The van der Waals surface area contributed by atoms with Crippen molar-refractivity contribution in [3.63, 3.8) is 0 Å². The number of nitrogens with zero attached hydrogens (tertiary/aromatic N) is 4. The van der Waals surface area contributed by atoms with E-state index in [2.05, 4.69) is 29.2 Å². The first-order chi connectivity index (χ1) is 13.3. The number of carbonyl (C=O) groups excluding carboxylic acids is 1. The Hall–Kier alpha value is -3.35. The summed E-state index contributed by atoms with van der Waals surface area (Å²) in [5.41, 5.74) is 2.91. The van der Waals surface area contributed by atoms with E-state index in [1.165, 1.54) is 41.1 Å². The first-order valence-electron chi connectivity index (χ1n) is 8.94. The van der Waals surface area contributed by atoms with Crippen LogP contribution in [-0.4, -0.2) is 20.8 Å². The normalized spacial score (nSPS) is 15.1. The molecule has 0 unspecified atom stereocenters. The van der Waals surface area contributed by atoms with E-state index >= 15 is 0 Å². The Morgan fingerprint density at radius 2 is 1.75 bits per heavy atom. The molecule has 1 aliphatic carbocycles. The SMILES string of the molecule is CC1(C)Cc2nn(C(=O)c3ccc(F)cc3)c(c2N=Nc2ccc(O)cc2)C1. The van der Waals surface area contributed by atoms with Gasteiger partial charge >= 0.3 is 0 Å². The molecular weight excluding hydrogens is 359 g/mol. The number of phenolic OH excluding ortho intramolecular Hbond substituents is 1. The van der Waals surface area contributed by atoms with Gasteiger partial charge in [-0.3, -0.25) is 4.79 Å². The molecule has 0 radical (unpaired) electrons. The lowest BCUT2D eigenvalue weighted by Gasteiger charge is -2.26. The fourth-order valence-electron chi connectivity index (χ4n) is 3.37. The number of aromatic hydroxyl groups is 1. The van der Waals surface area contributed by atoms with E-state index in [1.807, 2.05) is 0 Å². The molecule has 2 aromatic carbocycles. The third-order valence-corrected chi connectivity index (χ3v) is 4.71. The molecule has 0 atom stereocenters. The van der Waals surface area contributed by atoms with Crippen LogP contribution in [0.25, 0.3) is 0 Å². The Morgan fingerprint density at radius 1 is 1.07 bits per heavy atom. The molecule has 1 aromatic heterocycles. The number of fused-ring (bicyclic) bond motifs is 2. The van der Waals surface area contributed by atoms with Crippen LogP contribution in [0.3, 0.4) is 0 Å². The topological polar surface area (TPSA) is 79.8 Å². The second-order valence-corrected chi connectivity index (χ2v) is 7.70. The van der Waals surface area contributed by atoms with E-state index < -0.39 is 5.82 Å². The molecule has 0 spiro atoms. The van der Waals surface area contributed by atoms with E-state index in [0.717, 1.165) is 0 Å². The number of rotatable bonds is 3. The lowest BCUT2D eigenvalue weighted by molar-refractivity contribution is 0.0941. The molecule has 1 heterocycles. The van der Waals surface area contributed by atoms with Crippen LogP contribution in [0.5, 0.6) is 5.75 Å². The molecule has 28 heavy (non-hydrogen) atoms. The van der Waals surface area contributed by atoms with Crippen LogP contribution in [0.2, 0.25) is 0 Å². The average Bonchev–Trinajstić information content (AvgIpc) is 2.88. The number of phenols is 1. The molecular formula is C21H19FN4O2. The highest BCUT2D eigenvalue weighted by atomic mass is 19.1. The maximum Gasteiger partial charge on any atom is 0.278 e. The fourth-order valence-corrected chi connectivity index (χ4v) is 3.37. The lowest BCUT2D eigenvalue weighted by Crippen LogP contribution is -2.23. The minimum atomic E-state index is -0.397. The summed E-state index contributed by atoms with van der Waals surface area (Å²) in [5.74, 6) is -0.562. The van der Waals surface area contributed by atoms with E-state index in [0.29, 0.717) is 41.2 Å². The Balaban J connectivity index is 1.73. The van der Waals surface area contributed by atoms with Gasteiger partial charge in [0, 0.05) is 5.56 Å². The van der Waals surface area contributed by atoms with Crippen molar-refractivity contribution < 1.29 is 14.3 Å². The lowest BCUT2D eigenvalue weighted by atomic mass is 9.79. The third kappa shape index (κ3) is 3.43. The van der Waals surface area contributed by atoms with Crippen LogP contribution in [0.15, 0.2) is 58.8 Å². The van der Waals surface area contributed by atoms with Crippen LogP contribution in [0.1, 0.15) is 35.6 Å². The van der Waals surface area contributed by atoms with Gasteiger partial charge in [0.15, 0.2) is 0 Å². The molecule has 7 heteroatoms. The average molecular weight is 378 g/mol. The minimum Gasteiger partial charge on any atom is -0.508 e. The molecule has 0 aliphatic heterocycles. The van der Waals surface area contributed by atoms with Gasteiger partial charge in [0.2, 0.25) is 0 Å². The van der Waals surface area contributed by atoms with Crippen LogP contribution >= 0.6 is 0 Å². The Kier molecular flexibility index (Phi) is 4.30. The van der Waals surface area contributed by atoms with E-state index in [9.17, 15) is 14.3 Å². The van der Waals surface area contributed by atoms with Crippen LogP contribution < -0.4 is 0 Å². The van der Waals surface area contributed by atoms with Crippen LogP contribution in [0.4, 0.5) is 15.8 Å². The second kappa shape index (κ2) is 6.67. The van der Waals surface area contributed by atoms with Crippen molar-refractivity contribution in [3.8, 4) is 5.75 Å². The van der Waals surface area contributed by atoms with Crippen molar-refractivity contribution in [2.24, 2.45) is 15.6 Å². The summed E-state index contributed by atoms with van der Waals surface area (Å²) in [6.07, 6.45) is 1.30. The number of carbonyl (C=O) groups is 1. The number of hydrogen-bond donors (Lipinski definition) is 1. The summed E-state index contributed by atoms with van der Waals surface area (Å²) >= 11 is 0. The fraction of sp³-hybridized carbons (Fsp3) is 0.238. The quantitative estimate of drug-likeness (QED) is 0.655. The monoisotopic (exact) mass is 378 g/mol. The molecule has 0 saturated heterocycles. The standard InChI is InChI=1S/C21H19FN4O2/c1-21(2)11-17-19(24-23-15-7-9-16(27)10-8-15)18(12-21)26(25-17)20(28)13-3-5-14(22)6-4-13/h3-10,27H,11-12H2,1-2H3. The van der Waals surface area contributed by atoms with Crippen LogP contribution in [0, 0.1) is 11.2 Å². The molecule has 0 amide bonds. The number of azo groups is 1. The minimum absolute atomic E-state index is 0.0520. The van der Waals surface area contributed by atoms with Gasteiger partial charge in [0.1, 0.15) is 17.3 Å². The highest BCUT2D eigenvalue weighted by Gasteiger charge is 2.35. The third-order valence-electron chi connectivity index (χ3n) is 4.71. The van der Waals surface area contributed by atoms with Gasteiger partial charge in [0.25, 0.3) is 5.91 Å². The number of hydrogen-bond acceptors (Lipinski definition) is 5. The van der Waals surface area contributed by atoms with Gasteiger partial charge in [-0.1, -0.05) is 13.8 Å². The number of halogens is 1. The Morgan fingerprint density at radius 3 is 2.43 bits per heavy atom. The van der Waals surface area contributed by atoms with E-state index in [-0.39, 0.29) is 17.1 Å². The maximum atomic E-state index is 13.2. The largest absolute Gasteiger partial charge is 0.508 e. The summed E-state index contributed by atoms with van der Waals surface area (Å²) in [6.45, 7) is 4.23. The Labute approximate surface area is 161 Å². The van der Waals surface area contributed by atoms with Gasteiger partial charge in [0.05, 0.1) is 17.1 Å². The summed E-state index contributed by atoms with van der Waals surface area (Å²) in [4.78, 5) is 12.9. The molecule has 1 aliphatic rings. The van der Waals surface area contributed by atoms with Crippen molar-refractivity contribution in [2.75, 3.05) is 0 Å². The number of aromatic nitrogens is 2. The number of benzene rings is 2. The van der Waals surface area contributed by atoms with Crippen molar-refractivity contribution in [1.29, 1.82) is 0 Å². The molecule has 3 aromatic rings. The molecule has 142 valence electrons. The molecule has 1 N–H and O–H groups in total. The zero-order valence-electron chi connectivity index (χ0n) is 15.6. The van der Waals surface area contributed by atoms with E-state index in [1.54, 1.807) is 12.1 Å². The molecule has 6 nitrogen and oxygen atoms in total. The van der Waals surface area contributed by atoms with E-state index in [4.69, 9.17) is 0 Å².